The first kappa shape index (κ1) is 18.2. The molecule has 1 heterocycles. The highest BCUT2D eigenvalue weighted by molar-refractivity contribution is 6.31. The maximum atomic E-state index is 12.1. The van der Waals surface area contributed by atoms with Crippen LogP contribution in [0.2, 0.25) is 5.02 Å². The predicted octanol–water partition coefficient (Wildman–Crippen LogP) is 2.14. The van der Waals surface area contributed by atoms with Gasteiger partial charge in [-0.25, -0.2) is 0 Å². The Hall–Kier alpha value is -0.810. The normalized spacial score (nSPS) is 18.7. The van der Waals surface area contributed by atoms with Crippen molar-refractivity contribution in [2.75, 3.05) is 26.2 Å². The van der Waals surface area contributed by atoms with Gasteiger partial charge in [-0.1, -0.05) is 43.6 Å². The SMILES string of the molecule is CC(C)(CNC(=O)C1CNCCO1)c1ccccc1Cl.Cl. The van der Waals surface area contributed by atoms with E-state index in [-0.39, 0.29) is 23.7 Å². The van der Waals surface area contributed by atoms with Crippen LogP contribution in [0.1, 0.15) is 19.4 Å². The number of benzene rings is 1. The van der Waals surface area contributed by atoms with Gasteiger partial charge in [0.1, 0.15) is 6.10 Å². The molecule has 118 valence electrons. The van der Waals surface area contributed by atoms with Gasteiger partial charge in [0.15, 0.2) is 0 Å². The van der Waals surface area contributed by atoms with Crippen LogP contribution in [0.25, 0.3) is 0 Å². The van der Waals surface area contributed by atoms with Crippen LogP contribution in [0.4, 0.5) is 0 Å². The van der Waals surface area contributed by atoms with E-state index >= 15 is 0 Å². The van der Waals surface area contributed by atoms with E-state index < -0.39 is 6.10 Å². The molecular weight excluding hydrogens is 311 g/mol. The first-order valence-corrected chi connectivity index (χ1v) is 7.23. The third kappa shape index (κ3) is 4.85. The van der Waals surface area contributed by atoms with Crippen LogP contribution in [-0.2, 0) is 14.9 Å². The van der Waals surface area contributed by atoms with Crippen molar-refractivity contribution in [3.63, 3.8) is 0 Å². The molecule has 0 bridgehead atoms. The Kier molecular flexibility index (Phi) is 6.94. The Morgan fingerprint density at radius 2 is 2.19 bits per heavy atom. The zero-order valence-electron chi connectivity index (χ0n) is 12.3. The van der Waals surface area contributed by atoms with Gasteiger partial charge < -0.3 is 15.4 Å². The van der Waals surface area contributed by atoms with Gasteiger partial charge in [0.05, 0.1) is 6.61 Å². The van der Waals surface area contributed by atoms with E-state index in [4.69, 9.17) is 16.3 Å². The smallest absolute Gasteiger partial charge is 0.250 e. The van der Waals surface area contributed by atoms with Crippen molar-refractivity contribution in [2.45, 2.75) is 25.4 Å². The van der Waals surface area contributed by atoms with Crippen molar-refractivity contribution in [2.24, 2.45) is 0 Å². The van der Waals surface area contributed by atoms with Gasteiger partial charge in [0.2, 0.25) is 5.91 Å². The van der Waals surface area contributed by atoms with Crippen LogP contribution in [0.3, 0.4) is 0 Å². The number of hydrogen-bond donors (Lipinski definition) is 2. The highest BCUT2D eigenvalue weighted by Gasteiger charge is 2.27. The average Bonchev–Trinajstić information content (AvgIpc) is 2.46. The molecule has 1 amide bonds. The highest BCUT2D eigenvalue weighted by atomic mass is 35.5. The summed E-state index contributed by atoms with van der Waals surface area (Å²) in [4.78, 5) is 12.1. The molecule has 2 rings (SSSR count). The molecule has 1 unspecified atom stereocenters. The number of amides is 1. The Morgan fingerprint density at radius 1 is 1.48 bits per heavy atom. The molecule has 0 aliphatic carbocycles. The van der Waals surface area contributed by atoms with E-state index in [9.17, 15) is 4.79 Å². The molecule has 1 fully saturated rings. The third-order valence-electron chi connectivity index (χ3n) is 3.53. The zero-order valence-corrected chi connectivity index (χ0v) is 13.9. The Labute approximate surface area is 137 Å². The molecule has 1 aromatic rings. The molecular formula is C15H22Cl2N2O2. The number of ether oxygens (including phenoxy) is 1. The minimum absolute atomic E-state index is 0. The van der Waals surface area contributed by atoms with Gasteiger partial charge in [-0.15, -0.1) is 12.4 Å². The molecule has 0 radical (unpaired) electrons. The van der Waals surface area contributed by atoms with E-state index in [1.54, 1.807) is 0 Å². The maximum Gasteiger partial charge on any atom is 0.250 e. The number of morpholine rings is 1. The lowest BCUT2D eigenvalue weighted by Gasteiger charge is -2.29. The molecule has 0 aromatic heterocycles. The third-order valence-corrected chi connectivity index (χ3v) is 3.86. The Balaban J connectivity index is 0.00000220. The minimum Gasteiger partial charge on any atom is -0.366 e. The van der Waals surface area contributed by atoms with Gasteiger partial charge >= 0.3 is 0 Å². The lowest BCUT2D eigenvalue weighted by atomic mass is 9.84. The van der Waals surface area contributed by atoms with Gasteiger partial charge in [-0.05, 0) is 11.6 Å². The lowest BCUT2D eigenvalue weighted by Crippen LogP contribution is -2.49. The molecule has 1 atom stereocenters. The second kappa shape index (κ2) is 7.99. The fraction of sp³-hybridized carbons (Fsp3) is 0.533. The van der Waals surface area contributed by atoms with Gasteiger partial charge in [-0.2, -0.15) is 0 Å². The second-order valence-corrected chi connectivity index (χ2v) is 6.05. The summed E-state index contributed by atoms with van der Waals surface area (Å²) in [5.74, 6) is -0.0719. The summed E-state index contributed by atoms with van der Waals surface area (Å²) >= 11 is 6.23. The van der Waals surface area contributed by atoms with Crippen molar-refractivity contribution < 1.29 is 9.53 Å². The molecule has 2 N–H and O–H groups in total. The summed E-state index contributed by atoms with van der Waals surface area (Å²) < 4.78 is 5.43. The largest absolute Gasteiger partial charge is 0.366 e. The van der Waals surface area contributed by atoms with Crippen molar-refractivity contribution in [3.05, 3.63) is 34.9 Å². The summed E-state index contributed by atoms with van der Waals surface area (Å²) in [7, 11) is 0. The lowest BCUT2D eigenvalue weighted by molar-refractivity contribution is -0.134. The fourth-order valence-electron chi connectivity index (χ4n) is 2.26. The Morgan fingerprint density at radius 3 is 2.81 bits per heavy atom. The summed E-state index contributed by atoms with van der Waals surface area (Å²) in [6, 6.07) is 7.72. The van der Waals surface area contributed by atoms with Crippen molar-refractivity contribution >= 4 is 29.9 Å². The number of nitrogens with one attached hydrogen (secondary N) is 2. The molecule has 0 spiro atoms. The van der Waals surface area contributed by atoms with E-state index in [0.717, 1.165) is 17.1 Å². The standard InChI is InChI=1S/C15H21ClN2O2.ClH/c1-15(2,11-5-3-4-6-12(11)16)10-18-14(19)13-9-17-7-8-20-13;/h3-6,13,17H,7-10H2,1-2H3,(H,18,19);1H. The highest BCUT2D eigenvalue weighted by Crippen LogP contribution is 2.28. The number of carbonyl (C=O) groups is 1. The number of halogens is 2. The molecule has 1 saturated heterocycles. The minimum atomic E-state index is -0.397. The van der Waals surface area contributed by atoms with Crippen molar-refractivity contribution in [1.29, 1.82) is 0 Å². The quantitative estimate of drug-likeness (QED) is 0.888. The molecule has 1 aromatic carbocycles. The molecule has 21 heavy (non-hydrogen) atoms. The average molecular weight is 333 g/mol. The second-order valence-electron chi connectivity index (χ2n) is 5.65. The number of rotatable bonds is 4. The topological polar surface area (TPSA) is 50.4 Å². The summed E-state index contributed by atoms with van der Waals surface area (Å²) in [6.07, 6.45) is -0.397. The zero-order chi connectivity index (χ0) is 14.6. The molecule has 4 nitrogen and oxygen atoms in total. The predicted molar refractivity (Wildman–Crippen MR) is 87.3 cm³/mol. The van der Waals surface area contributed by atoms with Crippen LogP contribution in [0, 0.1) is 0 Å². The van der Waals surface area contributed by atoms with Gasteiger partial charge in [0, 0.05) is 30.1 Å². The number of carbonyl (C=O) groups excluding carboxylic acids is 1. The van der Waals surface area contributed by atoms with Gasteiger partial charge in [-0.3, -0.25) is 4.79 Å². The van der Waals surface area contributed by atoms with Gasteiger partial charge in [0.25, 0.3) is 0 Å². The summed E-state index contributed by atoms with van der Waals surface area (Å²) in [6.45, 7) is 6.59. The first-order chi connectivity index (χ1) is 9.50. The molecule has 0 saturated carbocycles. The summed E-state index contributed by atoms with van der Waals surface area (Å²) in [5.41, 5.74) is 0.806. The number of hydrogen-bond acceptors (Lipinski definition) is 3. The van der Waals surface area contributed by atoms with E-state index in [1.165, 1.54) is 0 Å². The van der Waals surface area contributed by atoms with Crippen LogP contribution in [0.15, 0.2) is 24.3 Å². The Bertz CT molecular complexity index is 474. The maximum absolute atomic E-state index is 12.1. The fourth-order valence-corrected chi connectivity index (χ4v) is 2.65. The van der Waals surface area contributed by atoms with Crippen LogP contribution < -0.4 is 10.6 Å². The van der Waals surface area contributed by atoms with Crippen LogP contribution in [0.5, 0.6) is 0 Å². The molecule has 6 heteroatoms. The van der Waals surface area contributed by atoms with Crippen molar-refractivity contribution in [3.8, 4) is 0 Å². The summed E-state index contributed by atoms with van der Waals surface area (Å²) in [5, 5.41) is 6.83. The monoisotopic (exact) mass is 332 g/mol. The van der Waals surface area contributed by atoms with E-state index in [1.807, 2.05) is 24.3 Å². The van der Waals surface area contributed by atoms with Crippen molar-refractivity contribution in [1.82, 2.24) is 10.6 Å². The van der Waals surface area contributed by atoms with Crippen LogP contribution >= 0.6 is 24.0 Å². The molecule has 1 aliphatic heterocycles. The van der Waals surface area contributed by atoms with E-state index in [2.05, 4.69) is 24.5 Å². The van der Waals surface area contributed by atoms with E-state index in [0.29, 0.717) is 19.7 Å². The molecule has 1 aliphatic rings. The first-order valence-electron chi connectivity index (χ1n) is 6.86. The van der Waals surface area contributed by atoms with Crippen LogP contribution in [-0.4, -0.2) is 38.3 Å².